The summed E-state index contributed by atoms with van der Waals surface area (Å²) in [7, 11) is -3.83. The lowest BCUT2D eigenvalue weighted by Gasteiger charge is -2.28. The van der Waals surface area contributed by atoms with E-state index in [2.05, 4.69) is 4.90 Å². The zero-order chi connectivity index (χ0) is 10.6. The molecule has 1 N–H and O–H groups in total. The van der Waals surface area contributed by atoms with Gasteiger partial charge in [-0.05, 0) is 5.92 Å². The maximum absolute atomic E-state index is 10.6. The number of morpholine rings is 1. The standard InChI is InChI=1S/C8H17NO4S/c1-8(7-14(10,11)12)6-9-2-4-13-5-3-9/h8H,2-7H2,1H3,(H,10,11,12). The molecule has 0 radical (unpaired) electrons. The van der Waals surface area contributed by atoms with Crippen LogP contribution in [0.3, 0.4) is 0 Å². The number of hydrogen-bond donors (Lipinski definition) is 1. The van der Waals surface area contributed by atoms with E-state index in [4.69, 9.17) is 9.29 Å². The number of ether oxygens (including phenoxy) is 1. The van der Waals surface area contributed by atoms with Gasteiger partial charge in [-0.1, -0.05) is 6.92 Å². The molecule has 0 aromatic rings. The zero-order valence-electron chi connectivity index (χ0n) is 8.35. The largest absolute Gasteiger partial charge is 0.379 e. The first-order valence-corrected chi connectivity index (χ1v) is 6.33. The van der Waals surface area contributed by atoms with Gasteiger partial charge in [0.25, 0.3) is 10.1 Å². The lowest BCUT2D eigenvalue weighted by Crippen LogP contribution is -2.40. The van der Waals surface area contributed by atoms with E-state index in [0.29, 0.717) is 19.8 Å². The van der Waals surface area contributed by atoms with Crippen LogP contribution in [0.15, 0.2) is 0 Å². The van der Waals surface area contributed by atoms with Gasteiger partial charge < -0.3 is 4.74 Å². The van der Waals surface area contributed by atoms with Crippen LogP contribution in [-0.4, -0.2) is 56.5 Å². The van der Waals surface area contributed by atoms with Gasteiger partial charge in [0.1, 0.15) is 0 Å². The summed E-state index contributed by atoms with van der Waals surface area (Å²) in [5.74, 6) is -0.201. The average molecular weight is 223 g/mol. The third-order valence-electron chi connectivity index (χ3n) is 2.17. The Morgan fingerprint density at radius 3 is 2.50 bits per heavy atom. The molecular formula is C8H17NO4S. The Labute approximate surface area is 84.8 Å². The maximum atomic E-state index is 10.6. The molecule has 84 valence electrons. The molecule has 6 heteroatoms. The highest BCUT2D eigenvalue weighted by Crippen LogP contribution is 2.05. The van der Waals surface area contributed by atoms with Crippen molar-refractivity contribution in [2.45, 2.75) is 6.92 Å². The van der Waals surface area contributed by atoms with Crippen LogP contribution < -0.4 is 0 Å². The highest BCUT2D eigenvalue weighted by molar-refractivity contribution is 7.85. The van der Waals surface area contributed by atoms with Gasteiger partial charge in [0.15, 0.2) is 0 Å². The van der Waals surface area contributed by atoms with Gasteiger partial charge in [0, 0.05) is 19.6 Å². The first-order chi connectivity index (χ1) is 6.47. The summed E-state index contributed by atoms with van der Waals surface area (Å²) in [4.78, 5) is 2.15. The zero-order valence-corrected chi connectivity index (χ0v) is 9.16. The van der Waals surface area contributed by atoms with Crippen molar-refractivity contribution < 1.29 is 17.7 Å². The van der Waals surface area contributed by atoms with Crippen molar-refractivity contribution >= 4 is 10.1 Å². The summed E-state index contributed by atoms with van der Waals surface area (Å²) in [6.07, 6.45) is 0. The van der Waals surface area contributed by atoms with E-state index >= 15 is 0 Å². The molecule has 5 nitrogen and oxygen atoms in total. The quantitative estimate of drug-likeness (QED) is 0.671. The number of rotatable bonds is 4. The van der Waals surface area contributed by atoms with Gasteiger partial charge in [0.2, 0.25) is 0 Å². The van der Waals surface area contributed by atoms with Gasteiger partial charge in [-0.25, -0.2) is 0 Å². The van der Waals surface area contributed by atoms with Crippen LogP contribution in [0.25, 0.3) is 0 Å². The molecule has 0 aliphatic carbocycles. The van der Waals surface area contributed by atoms with Crippen molar-refractivity contribution in [2.75, 3.05) is 38.6 Å². The number of hydrogen-bond acceptors (Lipinski definition) is 4. The van der Waals surface area contributed by atoms with Gasteiger partial charge >= 0.3 is 0 Å². The van der Waals surface area contributed by atoms with E-state index in [1.54, 1.807) is 0 Å². The highest BCUT2D eigenvalue weighted by atomic mass is 32.2. The molecule has 1 saturated heterocycles. The topological polar surface area (TPSA) is 66.8 Å². The molecule has 0 aromatic carbocycles. The van der Waals surface area contributed by atoms with Gasteiger partial charge in [-0.3, -0.25) is 9.45 Å². The fourth-order valence-electron chi connectivity index (χ4n) is 1.64. The van der Waals surface area contributed by atoms with Gasteiger partial charge in [0.05, 0.1) is 19.0 Å². The third-order valence-corrected chi connectivity index (χ3v) is 3.16. The van der Waals surface area contributed by atoms with E-state index in [1.807, 2.05) is 6.92 Å². The Morgan fingerprint density at radius 2 is 2.00 bits per heavy atom. The minimum atomic E-state index is -3.83. The molecule has 0 amide bonds. The van der Waals surface area contributed by atoms with E-state index in [9.17, 15) is 8.42 Å². The van der Waals surface area contributed by atoms with Crippen molar-refractivity contribution in [1.29, 1.82) is 0 Å². The minimum Gasteiger partial charge on any atom is -0.379 e. The molecule has 0 bridgehead atoms. The molecule has 1 aliphatic rings. The van der Waals surface area contributed by atoms with Crippen LogP contribution >= 0.6 is 0 Å². The normalized spacial score (nSPS) is 22.1. The maximum Gasteiger partial charge on any atom is 0.265 e. The predicted molar refractivity (Wildman–Crippen MR) is 52.8 cm³/mol. The number of nitrogens with zero attached hydrogens (tertiary/aromatic N) is 1. The average Bonchev–Trinajstić information content (AvgIpc) is 2.02. The Morgan fingerprint density at radius 1 is 1.43 bits per heavy atom. The Kier molecular flexibility index (Phi) is 4.31. The molecule has 1 unspecified atom stereocenters. The molecule has 0 spiro atoms. The van der Waals surface area contributed by atoms with E-state index < -0.39 is 10.1 Å². The second kappa shape index (κ2) is 5.06. The SMILES string of the molecule is CC(CN1CCOCC1)CS(=O)(=O)O. The molecule has 1 aliphatic heterocycles. The molecule has 0 saturated carbocycles. The molecule has 1 fully saturated rings. The van der Waals surface area contributed by atoms with Crippen molar-refractivity contribution in [3.8, 4) is 0 Å². The lowest BCUT2D eigenvalue weighted by atomic mass is 10.2. The Hall–Kier alpha value is -0.170. The molecular weight excluding hydrogens is 206 g/mol. The summed E-state index contributed by atoms with van der Waals surface area (Å²) in [5.41, 5.74) is 0. The monoisotopic (exact) mass is 223 g/mol. The van der Waals surface area contributed by atoms with E-state index in [1.165, 1.54) is 0 Å². The Balaban J connectivity index is 2.28. The van der Waals surface area contributed by atoms with Crippen LogP contribution in [0, 0.1) is 5.92 Å². The smallest absolute Gasteiger partial charge is 0.265 e. The lowest BCUT2D eigenvalue weighted by molar-refractivity contribution is 0.0330. The fraction of sp³-hybridized carbons (Fsp3) is 1.00. The van der Waals surface area contributed by atoms with E-state index in [-0.39, 0.29) is 11.7 Å². The second-order valence-electron chi connectivity index (χ2n) is 3.77. The molecule has 1 atom stereocenters. The molecule has 1 rings (SSSR count). The second-order valence-corrected chi connectivity index (χ2v) is 5.26. The fourth-order valence-corrected chi connectivity index (χ4v) is 2.46. The van der Waals surface area contributed by atoms with Crippen LogP contribution in [-0.2, 0) is 14.9 Å². The molecule has 0 aromatic heterocycles. The van der Waals surface area contributed by atoms with Crippen LogP contribution in [0.4, 0.5) is 0 Å². The van der Waals surface area contributed by atoms with Crippen LogP contribution in [0.1, 0.15) is 6.92 Å². The van der Waals surface area contributed by atoms with Crippen molar-refractivity contribution in [1.82, 2.24) is 4.90 Å². The predicted octanol–water partition coefficient (Wildman–Crippen LogP) is -0.157. The highest BCUT2D eigenvalue weighted by Gasteiger charge is 2.17. The van der Waals surface area contributed by atoms with Gasteiger partial charge in [-0.2, -0.15) is 8.42 Å². The van der Waals surface area contributed by atoms with Crippen molar-refractivity contribution in [2.24, 2.45) is 5.92 Å². The minimum absolute atomic E-state index is 0.0388. The first kappa shape index (κ1) is 11.9. The molecule has 1 heterocycles. The summed E-state index contributed by atoms with van der Waals surface area (Å²) in [6, 6.07) is 0. The summed E-state index contributed by atoms with van der Waals surface area (Å²) in [6.45, 7) is 5.62. The van der Waals surface area contributed by atoms with Crippen LogP contribution in [0.5, 0.6) is 0 Å². The van der Waals surface area contributed by atoms with Crippen molar-refractivity contribution in [3.63, 3.8) is 0 Å². The van der Waals surface area contributed by atoms with Crippen LogP contribution in [0.2, 0.25) is 0 Å². The van der Waals surface area contributed by atoms with E-state index in [0.717, 1.165) is 13.1 Å². The van der Waals surface area contributed by atoms with Gasteiger partial charge in [-0.15, -0.1) is 0 Å². The molecule has 14 heavy (non-hydrogen) atoms. The first-order valence-electron chi connectivity index (χ1n) is 4.72. The summed E-state index contributed by atoms with van der Waals surface area (Å²) >= 11 is 0. The Bertz CT molecular complexity index is 259. The summed E-state index contributed by atoms with van der Waals surface area (Å²) in [5, 5.41) is 0. The third kappa shape index (κ3) is 4.90. The summed E-state index contributed by atoms with van der Waals surface area (Å²) < 4.78 is 35.0. The van der Waals surface area contributed by atoms with Crippen molar-refractivity contribution in [3.05, 3.63) is 0 Å².